The lowest BCUT2D eigenvalue weighted by Crippen LogP contribution is -2.13. The predicted molar refractivity (Wildman–Crippen MR) is 110 cm³/mol. The van der Waals surface area contributed by atoms with Crippen molar-refractivity contribution in [3.63, 3.8) is 0 Å². The number of aromatic nitrogens is 2. The summed E-state index contributed by atoms with van der Waals surface area (Å²) in [6.45, 7) is 0. The molecule has 2 aromatic carbocycles. The van der Waals surface area contributed by atoms with Gasteiger partial charge in [0.25, 0.3) is 0 Å². The molecule has 0 spiro atoms. The van der Waals surface area contributed by atoms with Crippen LogP contribution in [-0.2, 0) is 6.18 Å². The number of alkyl halides is 3. The highest BCUT2D eigenvalue weighted by atomic mass is 19.4. The molecule has 6 nitrogen and oxygen atoms in total. The van der Waals surface area contributed by atoms with Crippen molar-refractivity contribution in [1.82, 2.24) is 9.55 Å². The maximum atomic E-state index is 14.6. The van der Waals surface area contributed by atoms with Gasteiger partial charge < -0.3 is 14.0 Å². The second-order valence-corrected chi connectivity index (χ2v) is 7.01. The molecule has 0 unspecified atom stereocenters. The van der Waals surface area contributed by atoms with E-state index in [0.717, 1.165) is 30.0 Å². The Morgan fingerprint density at radius 1 is 1.03 bits per heavy atom. The summed E-state index contributed by atoms with van der Waals surface area (Å²) in [5.74, 6) is -6.30. The largest absolute Gasteiger partial charge is 0.490 e. The van der Waals surface area contributed by atoms with Crippen molar-refractivity contribution in [2.75, 3.05) is 7.11 Å². The lowest BCUT2D eigenvalue weighted by Gasteiger charge is -2.19. The summed E-state index contributed by atoms with van der Waals surface area (Å²) < 4.78 is 94.1. The number of rotatable bonds is 4. The summed E-state index contributed by atoms with van der Waals surface area (Å²) in [5, 5.41) is 9.12. The third kappa shape index (κ3) is 4.12. The Morgan fingerprint density at radius 3 is 2.43 bits per heavy atom. The highest BCUT2D eigenvalue weighted by molar-refractivity contribution is 5.85. The van der Waals surface area contributed by atoms with Crippen LogP contribution >= 0.6 is 0 Å². The molecule has 0 aliphatic carbocycles. The molecule has 0 saturated carbocycles. The molecule has 0 radical (unpaired) electrons. The van der Waals surface area contributed by atoms with Crippen molar-refractivity contribution in [3.05, 3.63) is 87.7 Å². The quantitative estimate of drug-likeness (QED) is 0.353. The van der Waals surface area contributed by atoms with Crippen molar-refractivity contribution in [1.29, 1.82) is 5.26 Å². The van der Waals surface area contributed by atoms with Crippen LogP contribution in [0, 0.1) is 28.8 Å². The second kappa shape index (κ2) is 8.68. The van der Waals surface area contributed by atoms with Gasteiger partial charge in [0.15, 0.2) is 28.4 Å². The van der Waals surface area contributed by atoms with E-state index in [2.05, 4.69) is 4.98 Å². The Balaban J connectivity index is 2.04. The first-order valence-corrected chi connectivity index (χ1v) is 9.58. The number of halogens is 6. The number of pyridine rings is 2. The molecule has 2 aromatic heterocycles. The smallest absolute Gasteiger partial charge is 0.419 e. The van der Waals surface area contributed by atoms with Crippen LogP contribution in [0.4, 0.5) is 26.3 Å². The van der Waals surface area contributed by atoms with Gasteiger partial charge in [-0.05, 0) is 24.3 Å². The third-order valence-electron chi connectivity index (χ3n) is 4.97. The molecule has 0 aliphatic heterocycles. The zero-order valence-corrected chi connectivity index (χ0v) is 17.5. The fraction of sp³-hybridized carbons (Fsp3) is 0.0870. The van der Waals surface area contributed by atoms with E-state index < -0.39 is 51.9 Å². The van der Waals surface area contributed by atoms with Crippen LogP contribution < -0.4 is 14.9 Å². The van der Waals surface area contributed by atoms with Gasteiger partial charge in [-0.2, -0.15) is 22.8 Å². The molecule has 0 fully saturated rings. The summed E-state index contributed by atoms with van der Waals surface area (Å²) in [7, 11) is 0.989. The van der Waals surface area contributed by atoms with Crippen molar-refractivity contribution < 1.29 is 35.8 Å². The highest BCUT2D eigenvalue weighted by Gasteiger charge is 2.36. The van der Waals surface area contributed by atoms with E-state index >= 15 is 0 Å². The van der Waals surface area contributed by atoms with Crippen LogP contribution in [0.2, 0.25) is 0 Å². The van der Waals surface area contributed by atoms with Gasteiger partial charge in [-0.1, -0.05) is 0 Å². The Bertz CT molecular complexity index is 1570. The average Bonchev–Trinajstić information content (AvgIpc) is 2.81. The molecular formula is C23H11F6N3O3. The number of benzene rings is 2. The van der Waals surface area contributed by atoms with Crippen LogP contribution in [0.1, 0.15) is 11.3 Å². The third-order valence-corrected chi connectivity index (χ3v) is 4.97. The standard InChI is InChI=1S/C23H11F6N3O3/c1-34-22-18(3-2-12(24)21(22)26)35-19-8-11(23(27,28)29)13(25)9-16(19)32-7-5-17(33)20-14(10-30)31-6-4-15(20)32/h2-9H,1H3. The van der Waals surface area contributed by atoms with Crippen LogP contribution in [0.15, 0.2) is 53.6 Å². The zero-order chi connectivity index (χ0) is 25.5. The van der Waals surface area contributed by atoms with Crippen LogP contribution in [-0.4, -0.2) is 16.7 Å². The lowest BCUT2D eigenvalue weighted by atomic mass is 10.1. The molecule has 0 atom stereocenters. The van der Waals surface area contributed by atoms with E-state index in [9.17, 15) is 36.4 Å². The van der Waals surface area contributed by atoms with Crippen molar-refractivity contribution in [2.45, 2.75) is 6.18 Å². The van der Waals surface area contributed by atoms with Gasteiger partial charge in [-0.3, -0.25) is 4.79 Å². The molecule has 4 aromatic rings. The molecule has 12 heteroatoms. The van der Waals surface area contributed by atoms with Crippen molar-refractivity contribution >= 4 is 10.9 Å². The number of hydrogen-bond acceptors (Lipinski definition) is 5. The van der Waals surface area contributed by atoms with E-state index in [1.165, 1.54) is 12.3 Å². The van der Waals surface area contributed by atoms with Crippen molar-refractivity contribution in [2.24, 2.45) is 0 Å². The van der Waals surface area contributed by atoms with Crippen LogP contribution in [0.3, 0.4) is 0 Å². The summed E-state index contributed by atoms with van der Waals surface area (Å²) in [4.78, 5) is 16.2. The molecule has 2 heterocycles. The maximum absolute atomic E-state index is 14.6. The van der Waals surface area contributed by atoms with E-state index in [0.29, 0.717) is 18.2 Å². The van der Waals surface area contributed by atoms with Crippen LogP contribution in [0.5, 0.6) is 17.2 Å². The lowest BCUT2D eigenvalue weighted by molar-refractivity contribution is -0.140. The van der Waals surface area contributed by atoms with Gasteiger partial charge in [0.1, 0.15) is 11.9 Å². The second-order valence-electron chi connectivity index (χ2n) is 7.01. The molecule has 4 rings (SSSR count). The number of hydrogen-bond donors (Lipinski definition) is 0. The monoisotopic (exact) mass is 491 g/mol. The van der Waals surface area contributed by atoms with Gasteiger partial charge in [0, 0.05) is 24.5 Å². The molecule has 0 bridgehead atoms. The SMILES string of the molecule is COc1c(Oc2cc(C(F)(F)F)c(F)cc2-n2ccc(=O)c3c(C#N)nccc32)ccc(F)c1F. The van der Waals surface area contributed by atoms with Gasteiger partial charge in [0.2, 0.25) is 11.6 Å². The fourth-order valence-corrected chi connectivity index (χ4v) is 3.43. The minimum absolute atomic E-state index is 0.00492. The Hall–Kier alpha value is -4.53. The van der Waals surface area contributed by atoms with Gasteiger partial charge >= 0.3 is 6.18 Å². The number of methoxy groups -OCH3 is 1. The van der Waals surface area contributed by atoms with E-state index in [1.54, 1.807) is 6.07 Å². The summed E-state index contributed by atoms with van der Waals surface area (Å²) in [6.07, 6.45) is -2.82. The van der Waals surface area contributed by atoms with E-state index in [1.807, 2.05) is 0 Å². The average molecular weight is 491 g/mol. The van der Waals surface area contributed by atoms with Gasteiger partial charge in [-0.25, -0.2) is 13.8 Å². The van der Waals surface area contributed by atoms with E-state index in [-0.39, 0.29) is 22.3 Å². The fourth-order valence-electron chi connectivity index (χ4n) is 3.43. The summed E-state index contributed by atoms with van der Waals surface area (Å²) in [5.41, 5.74) is -2.91. The molecule has 0 saturated heterocycles. The minimum atomic E-state index is -5.12. The highest BCUT2D eigenvalue weighted by Crippen LogP contribution is 2.41. The molecular weight excluding hydrogens is 480 g/mol. The molecule has 0 aliphatic rings. The Labute approximate surface area is 192 Å². The van der Waals surface area contributed by atoms with E-state index in [4.69, 9.17) is 9.47 Å². The Kier molecular flexibility index (Phi) is 5.86. The minimum Gasteiger partial charge on any atom is -0.490 e. The van der Waals surface area contributed by atoms with Crippen molar-refractivity contribution in [3.8, 4) is 29.0 Å². The number of fused-ring (bicyclic) bond motifs is 1. The first-order valence-electron chi connectivity index (χ1n) is 9.58. The van der Waals surface area contributed by atoms with Gasteiger partial charge in [-0.15, -0.1) is 0 Å². The normalized spacial score (nSPS) is 11.4. The first-order chi connectivity index (χ1) is 16.6. The Morgan fingerprint density at radius 2 is 1.77 bits per heavy atom. The topological polar surface area (TPSA) is 77.1 Å². The number of nitriles is 1. The summed E-state index contributed by atoms with van der Waals surface area (Å²) in [6, 6.07) is 6.45. The molecule has 178 valence electrons. The number of ether oxygens (including phenoxy) is 2. The molecule has 35 heavy (non-hydrogen) atoms. The maximum Gasteiger partial charge on any atom is 0.419 e. The number of nitrogens with zero attached hydrogens (tertiary/aromatic N) is 3. The van der Waals surface area contributed by atoms with Crippen LogP contribution in [0.25, 0.3) is 16.6 Å². The zero-order valence-electron chi connectivity index (χ0n) is 17.5. The predicted octanol–water partition coefficient (Wildman–Crippen LogP) is 5.49. The first kappa shape index (κ1) is 23.6. The summed E-state index contributed by atoms with van der Waals surface area (Å²) >= 11 is 0. The molecule has 0 amide bonds. The molecule has 0 N–H and O–H groups in total. The van der Waals surface area contributed by atoms with Gasteiger partial charge in [0.05, 0.1) is 29.3 Å².